The molecule has 1 aliphatic rings. The summed E-state index contributed by atoms with van der Waals surface area (Å²) < 4.78 is 5.40. The Hall–Kier alpha value is -3.68. The third-order valence-corrected chi connectivity index (χ3v) is 5.69. The molecule has 0 aromatic heterocycles. The van der Waals surface area contributed by atoms with E-state index >= 15 is 0 Å². The van der Waals surface area contributed by atoms with E-state index in [1.807, 2.05) is 48.5 Å². The number of hydrogen-bond acceptors (Lipinski definition) is 6. The zero-order valence-corrected chi connectivity index (χ0v) is 17.1. The van der Waals surface area contributed by atoms with Gasteiger partial charge in [0.2, 0.25) is 0 Å². The van der Waals surface area contributed by atoms with Crippen LogP contribution in [-0.2, 0) is 4.74 Å². The van der Waals surface area contributed by atoms with Crippen LogP contribution >= 0.6 is 0 Å². The van der Waals surface area contributed by atoms with E-state index < -0.39 is 18.3 Å². The first-order valence-corrected chi connectivity index (χ1v) is 10.2. The Morgan fingerprint density at radius 2 is 1.62 bits per heavy atom. The lowest BCUT2D eigenvalue weighted by atomic mass is 9.98. The highest BCUT2D eigenvalue weighted by Gasteiger charge is 2.29. The molecule has 0 radical (unpaired) electrons. The van der Waals surface area contributed by atoms with E-state index in [2.05, 4.69) is 5.32 Å². The Bertz CT molecular complexity index is 1100. The minimum atomic E-state index is -1.37. The molecule has 7 heteroatoms. The minimum absolute atomic E-state index is 0.0761. The van der Waals surface area contributed by atoms with E-state index in [1.165, 1.54) is 18.2 Å². The maximum Gasteiger partial charge on any atom is 0.407 e. The normalized spacial score (nSPS) is 14.2. The Balaban J connectivity index is 1.34. The van der Waals surface area contributed by atoms with Crippen molar-refractivity contribution in [1.29, 1.82) is 0 Å². The van der Waals surface area contributed by atoms with Crippen LogP contribution in [0.15, 0.2) is 66.7 Å². The number of aldehydes is 1. The molecule has 0 aliphatic heterocycles. The number of amides is 1. The van der Waals surface area contributed by atoms with Crippen LogP contribution < -0.4 is 5.32 Å². The average molecular weight is 433 g/mol. The van der Waals surface area contributed by atoms with Gasteiger partial charge in [0.25, 0.3) is 0 Å². The van der Waals surface area contributed by atoms with Gasteiger partial charge in [-0.25, -0.2) is 4.79 Å². The lowest BCUT2D eigenvalue weighted by Crippen LogP contribution is -2.36. The number of phenolic OH excluding ortho intramolecular Hbond substituents is 1. The molecule has 32 heavy (non-hydrogen) atoms. The van der Waals surface area contributed by atoms with Gasteiger partial charge in [-0.3, -0.25) is 4.79 Å². The summed E-state index contributed by atoms with van der Waals surface area (Å²) in [5.74, 6) is -0.379. The molecule has 0 spiro atoms. The number of rotatable bonds is 7. The molecule has 4 N–H and O–H groups in total. The Morgan fingerprint density at radius 1 is 1.00 bits per heavy atom. The summed E-state index contributed by atoms with van der Waals surface area (Å²) in [6, 6.07) is 20.0. The fraction of sp³-hybridized carbons (Fsp3) is 0.200. The maximum absolute atomic E-state index is 12.2. The summed E-state index contributed by atoms with van der Waals surface area (Å²) in [6.07, 6.45) is -2.93. The van der Waals surface area contributed by atoms with Gasteiger partial charge >= 0.3 is 6.09 Å². The van der Waals surface area contributed by atoms with Crippen molar-refractivity contribution in [3.63, 3.8) is 0 Å². The monoisotopic (exact) mass is 433 g/mol. The lowest BCUT2D eigenvalue weighted by molar-refractivity contribution is 0.0184. The molecule has 3 aromatic carbocycles. The van der Waals surface area contributed by atoms with Crippen molar-refractivity contribution < 1.29 is 29.6 Å². The molecule has 2 atom stereocenters. The van der Waals surface area contributed by atoms with Gasteiger partial charge in [0.15, 0.2) is 6.29 Å². The number of phenols is 1. The smallest absolute Gasteiger partial charge is 0.407 e. The van der Waals surface area contributed by atoms with Gasteiger partial charge in [-0.15, -0.1) is 0 Å². The van der Waals surface area contributed by atoms with Crippen molar-refractivity contribution >= 4 is 12.4 Å². The fourth-order valence-electron chi connectivity index (χ4n) is 4.02. The van der Waals surface area contributed by atoms with E-state index in [-0.39, 0.29) is 35.9 Å². The molecule has 164 valence electrons. The van der Waals surface area contributed by atoms with Crippen LogP contribution in [0.1, 0.15) is 39.1 Å². The van der Waals surface area contributed by atoms with Gasteiger partial charge in [0, 0.05) is 12.5 Å². The van der Waals surface area contributed by atoms with E-state index in [0.717, 1.165) is 22.3 Å². The van der Waals surface area contributed by atoms with Crippen molar-refractivity contribution in [3.8, 4) is 16.9 Å². The average Bonchev–Trinajstić information content (AvgIpc) is 3.14. The minimum Gasteiger partial charge on any atom is -0.507 e. The molecule has 2 unspecified atom stereocenters. The topological polar surface area (TPSA) is 116 Å². The van der Waals surface area contributed by atoms with Crippen LogP contribution in [0.3, 0.4) is 0 Å². The second-order valence-electron chi connectivity index (χ2n) is 7.65. The first kappa shape index (κ1) is 21.5. The molecule has 0 fully saturated rings. The van der Waals surface area contributed by atoms with Gasteiger partial charge in [-0.2, -0.15) is 0 Å². The lowest BCUT2D eigenvalue weighted by Gasteiger charge is -2.19. The van der Waals surface area contributed by atoms with E-state index in [4.69, 9.17) is 4.74 Å². The largest absolute Gasteiger partial charge is 0.507 e. The Kier molecular flexibility index (Phi) is 6.20. The molecule has 0 heterocycles. The van der Waals surface area contributed by atoms with Gasteiger partial charge in [-0.1, -0.05) is 54.6 Å². The predicted octanol–water partition coefficient (Wildman–Crippen LogP) is 3.14. The number of aliphatic hydroxyl groups excluding tert-OH is 2. The van der Waals surface area contributed by atoms with Crippen LogP contribution in [0.4, 0.5) is 4.79 Å². The third-order valence-electron chi connectivity index (χ3n) is 5.69. The fourth-order valence-corrected chi connectivity index (χ4v) is 4.02. The van der Waals surface area contributed by atoms with Crippen LogP contribution in [0, 0.1) is 0 Å². The Labute approximate surface area is 184 Å². The second kappa shape index (κ2) is 9.21. The molecular formula is C25H23NO6. The number of hydrogen-bond donors (Lipinski definition) is 4. The van der Waals surface area contributed by atoms with Crippen LogP contribution in [0.2, 0.25) is 0 Å². The SMILES string of the molecule is O=Cc1ccc(C(O)C(O)CNC(=O)OCC2c3ccccc3-c3ccccc32)cc1O. The number of aliphatic hydroxyl groups is 2. The van der Waals surface area contributed by atoms with Crippen molar-refractivity contribution in [2.75, 3.05) is 13.2 Å². The quantitative estimate of drug-likeness (QED) is 0.426. The molecule has 0 saturated heterocycles. The van der Waals surface area contributed by atoms with Crippen molar-refractivity contribution in [2.24, 2.45) is 0 Å². The standard InChI is InChI=1S/C25H23NO6/c27-13-16-10-9-15(11-22(16)28)24(30)23(29)12-26-25(31)32-14-21-19-7-3-1-5-17(19)18-6-2-4-8-20(18)21/h1-11,13,21,23-24,28-30H,12,14H2,(H,26,31). The van der Waals surface area contributed by atoms with Crippen molar-refractivity contribution in [2.45, 2.75) is 18.1 Å². The number of alkyl carbamates (subject to hydrolysis) is 1. The number of fused-ring (bicyclic) bond motifs is 3. The summed E-state index contributed by atoms with van der Waals surface area (Å²) in [7, 11) is 0. The van der Waals surface area contributed by atoms with E-state index in [9.17, 15) is 24.9 Å². The summed E-state index contributed by atoms with van der Waals surface area (Å²) in [5.41, 5.74) is 4.73. The zero-order valence-electron chi connectivity index (χ0n) is 17.1. The third kappa shape index (κ3) is 4.21. The van der Waals surface area contributed by atoms with Crippen LogP contribution in [0.25, 0.3) is 11.1 Å². The number of benzene rings is 3. The molecule has 0 saturated carbocycles. The van der Waals surface area contributed by atoms with E-state index in [1.54, 1.807) is 0 Å². The highest BCUT2D eigenvalue weighted by molar-refractivity contribution is 5.79. The summed E-state index contributed by atoms with van der Waals surface area (Å²) >= 11 is 0. The second-order valence-corrected chi connectivity index (χ2v) is 7.65. The van der Waals surface area contributed by atoms with Gasteiger partial charge in [-0.05, 0) is 39.9 Å². The highest BCUT2D eigenvalue weighted by Crippen LogP contribution is 2.44. The van der Waals surface area contributed by atoms with Crippen LogP contribution in [-0.4, -0.2) is 47.0 Å². The zero-order chi connectivity index (χ0) is 22.7. The van der Waals surface area contributed by atoms with Gasteiger partial charge in [0.1, 0.15) is 24.6 Å². The van der Waals surface area contributed by atoms with Gasteiger partial charge in [0.05, 0.1) is 5.56 Å². The van der Waals surface area contributed by atoms with Crippen LogP contribution in [0.5, 0.6) is 5.75 Å². The van der Waals surface area contributed by atoms with Gasteiger partial charge < -0.3 is 25.4 Å². The number of nitrogens with one attached hydrogen (secondary N) is 1. The number of carbonyl (C=O) groups excluding carboxylic acids is 2. The number of carbonyl (C=O) groups is 2. The molecule has 0 bridgehead atoms. The Morgan fingerprint density at radius 3 is 2.22 bits per heavy atom. The maximum atomic E-state index is 12.2. The van der Waals surface area contributed by atoms with E-state index in [0.29, 0.717) is 6.29 Å². The summed E-state index contributed by atoms with van der Waals surface area (Å²) in [5, 5.41) is 32.7. The van der Waals surface area contributed by atoms with Crippen molar-refractivity contribution in [1.82, 2.24) is 5.32 Å². The molecule has 4 rings (SSSR count). The first-order valence-electron chi connectivity index (χ1n) is 10.2. The predicted molar refractivity (Wildman–Crippen MR) is 118 cm³/mol. The molecule has 1 aliphatic carbocycles. The highest BCUT2D eigenvalue weighted by atomic mass is 16.5. The first-order chi connectivity index (χ1) is 15.5. The van der Waals surface area contributed by atoms with Crippen molar-refractivity contribution in [3.05, 3.63) is 89.0 Å². The summed E-state index contributed by atoms with van der Waals surface area (Å²) in [4.78, 5) is 23.0. The molecule has 7 nitrogen and oxygen atoms in total. The summed E-state index contributed by atoms with van der Waals surface area (Å²) in [6.45, 7) is -0.117. The molecule has 1 amide bonds. The molecular weight excluding hydrogens is 410 g/mol. The molecule has 3 aromatic rings. The number of ether oxygens (including phenoxy) is 1. The number of aromatic hydroxyl groups is 1.